The molecule has 114 valence electrons. The molecule has 1 aromatic carbocycles. The molecule has 1 aromatic rings. The lowest BCUT2D eigenvalue weighted by Gasteiger charge is -2.23. The lowest BCUT2D eigenvalue weighted by atomic mass is 10.1. The molecule has 0 aliphatic heterocycles. The van der Waals surface area contributed by atoms with Crippen molar-refractivity contribution < 1.29 is 8.42 Å². The van der Waals surface area contributed by atoms with Crippen LogP contribution in [0.5, 0.6) is 0 Å². The van der Waals surface area contributed by atoms with Gasteiger partial charge in [-0.05, 0) is 36.8 Å². The van der Waals surface area contributed by atoms with Crippen LogP contribution in [0.3, 0.4) is 0 Å². The highest BCUT2D eigenvalue weighted by molar-refractivity contribution is 7.88. The first-order chi connectivity index (χ1) is 9.94. The van der Waals surface area contributed by atoms with E-state index in [1.165, 1.54) is 0 Å². The first-order valence-electron chi connectivity index (χ1n) is 7.41. The Bertz CT molecular complexity index is 628. The van der Waals surface area contributed by atoms with Gasteiger partial charge < -0.3 is 0 Å². The van der Waals surface area contributed by atoms with Crippen molar-refractivity contribution in [2.45, 2.75) is 44.9 Å². The van der Waals surface area contributed by atoms with E-state index in [1.54, 1.807) is 28.6 Å². The third-order valence-electron chi connectivity index (χ3n) is 3.71. The van der Waals surface area contributed by atoms with E-state index in [0.717, 1.165) is 19.3 Å². The Morgan fingerprint density at radius 3 is 2.57 bits per heavy atom. The maximum absolute atomic E-state index is 12.7. The van der Waals surface area contributed by atoms with Crippen LogP contribution in [-0.4, -0.2) is 25.3 Å². The molecule has 2 rings (SSSR count). The van der Waals surface area contributed by atoms with Crippen molar-refractivity contribution in [3.8, 4) is 6.07 Å². The van der Waals surface area contributed by atoms with Crippen molar-refractivity contribution in [2.24, 2.45) is 5.92 Å². The first kappa shape index (κ1) is 16.0. The summed E-state index contributed by atoms with van der Waals surface area (Å²) in [5.41, 5.74) is 1.04. The van der Waals surface area contributed by atoms with E-state index < -0.39 is 10.0 Å². The molecule has 21 heavy (non-hydrogen) atoms. The van der Waals surface area contributed by atoms with Crippen LogP contribution in [0.2, 0.25) is 0 Å². The molecule has 1 aliphatic rings. The largest absolute Gasteiger partial charge is 0.218 e. The second-order valence-electron chi connectivity index (χ2n) is 6.05. The Kier molecular flexibility index (Phi) is 5.02. The van der Waals surface area contributed by atoms with Crippen LogP contribution < -0.4 is 0 Å². The summed E-state index contributed by atoms with van der Waals surface area (Å²) in [6.45, 7) is 4.78. The Hall–Kier alpha value is -1.38. The van der Waals surface area contributed by atoms with Gasteiger partial charge in [0.25, 0.3) is 0 Å². The van der Waals surface area contributed by atoms with Crippen LogP contribution in [0.4, 0.5) is 0 Å². The predicted octanol–water partition coefficient (Wildman–Crippen LogP) is 2.90. The van der Waals surface area contributed by atoms with Gasteiger partial charge in [0, 0.05) is 12.6 Å². The molecule has 0 bridgehead atoms. The molecular formula is C16H22N2O2S. The van der Waals surface area contributed by atoms with Crippen LogP contribution in [-0.2, 0) is 15.8 Å². The number of rotatable bonds is 7. The van der Waals surface area contributed by atoms with Gasteiger partial charge in [0.05, 0.1) is 17.4 Å². The van der Waals surface area contributed by atoms with Crippen molar-refractivity contribution >= 4 is 10.0 Å². The van der Waals surface area contributed by atoms with Crippen molar-refractivity contribution in [1.82, 2.24) is 4.31 Å². The molecule has 1 aliphatic carbocycles. The topological polar surface area (TPSA) is 61.2 Å². The molecule has 0 saturated heterocycles. The van der Waals surface area contributed by atoms with Gasteiger partial charge in [-0.1, -0.05) is 32.0 Å². The van der Waals surface area contributed by atoms with Gasteiger partial charge in [0.15, 0.2) is 0 Å². The highest BCUT2D eigenvalue weighted by Crippen LogP contribution is 2.31. The van der Waals surface area contributed by atoms with E-state index >= 15 is 0 Å². The fourth-order valence-electron chi connectivity index (χ4n) is 2.33. The Labute approximate surface area is 127 Å². The lowest BCUT2D eigenvalue weighted by molar-refractivity contribution is 0.373. The second kappa shape index (κ2) is 6.59. The molecule has 0 heterocycles. The Morgan fingerprint density at radius 2 is 2.00 bits per heavy atom. The summed E-state index contributed by atoms with van der Waals surface area (Å²) in [6, 6.07) is 9.17. The maximum Gasteiger partial charge on any atom is 0.218 e. The molecular weight excluding hydrogens is 284 g/mol. The molecule has 0 N–H and O–H groups in total. The fourth-order valence-corrected chi connectivity index (χ4v) is 4.19. The molecule has 0 atom stereocenters. The summed E-state index contributed by atoms with van der Waals surface area (Å²) < 4.78 is 27.0. The van der Waals surface area contributed by atoms with Gasteiger partial charge >= 0.3 is 0 Å². The Morgan fingerprint density at radius 1 is 1.33 bits per heavy atom. The van der Waals surface area contributed by atoms with Crippen molar-refractivity contribution in [3.05, 3.63) is 35.4 Å². The van der Waals surface area contributed by atoms with Gasteiger partial charge in [-0.15, -0.1) is 0 Å². The zero-order valence-corrected chi connectivity index (χ0v) is 13.4. The van der Waals surface area contributed by atoms with Crippen LogP contribution in [0, 0.1) is 17.2 Å². The summed E-state index contributed by atoms with van der Waals surface area (Å²) >= 11 is 0. The minimum absolute atomic E-state index is 0.0780. The second-order valence-corrected chi connectivity index (χ2v) is 7.97. The Balaban J connectivity index is 2.17. The van der Waals surface area contributed by atoms with E-state index in [1.807, 2.05) is 0 Å². The van der Waals surface area contributed by atoms with Gasteiger partial charge in [-0.3, -0.25) is 0 Å². The first-order valence-corrected chi connectivity index (χ1v) is 9.02. The lowest BCUT2D eigenvalue weighted by Crippen LogP contribution is -2.35. The van der Waals surface area contributed by atoms with E-state index in [2.05, 4.69) is 19.9 Å². The molecule has 0 radical (unpaired) electrons. The number of nitriles is 1. The van der Waals surface area contributed by atoms with E-state index in [-0.39, 0.29) is 11.8 Å². The number of benzene rings is 1. The highest BCUT2D eigenvalue weighted by Gasteiger charge is 2.37. The third-order valence-corrected chi connectivity index (χ3v) is 5.59. The van der Waals surface area contributed by atoms with Crippen LogP contribution in [0.25, 0.3) is 0 Å². The molecule has 0 amide bonds. The monoisotopic (exact) mass is 306 g/mol. The maximum atomic E-state index is 12.7. The average molecular weight is 306 g/mol. The highest BCUT2D eigenvalue weighted by atomic mass is 32.2. The molecule has 0 spiro atoms. The van der Waals surface area contributed by atoms with Gasteiger partial charge in [-0.25, -0.2) is 8.42 Å². The van der Waals surface area contributed by atoms with Gasteiger partial charge in [-0.2, -0.15) is 9.57 Å². The van der Waals surface area contributed by atoms with Crippen molar-refractivity contribution in [2.75, 3.05) is 6.54 Å². The molecule has 0 unspecified atom stereocenters. The summed E-state index contributed by atoms with van der Waals surface area (Å²) in [5, 5.41) is 9.09. The van der Waals surface area contributed by atoms with E-state index in [0.29, 0.717) is 23.6 Å². The number of hydrogen-bond donors (Lipinski definition) is 0. The summed E-state index contributed by atoms with van der Waals surface area (Å²) in [7, 11) is -3.36. The minimum Gasteiger partial charge on any atom is -0.212 e. The number of nitrogens with zero attached hydrogens (tertiary/aromatic N) is 2. The van der Waals surface area contributed by atoms with Crippen LogP contribution in [0.1, 0.15) is 44.2 Å². The molecule has 4 nitrogen and oxygen atoms in total. The predicted molar refractivity (Wildman–Crippen MR) is 83.0 cm³/mol. The SMILES string of the molecule is CC(C)CCN(C1CC1)S(=O)(=O)Cc1ccccc1C#N. The normalized spacial score (nSPS) is 15.4. The van der Waals surface area contributed by atoms with E-state index in [4.69, 9.17) is 5.26 Å². The fraction of sp³-hybridized carbons (Fsp3) is 0.562. The zero-order valence-electron chi connectivity index (χ0n) is 12.6. The standard InChI is InChI=1S/C16H22N2O2S/c1-13(2)9-10-18(16-7-8-16)21(19,20)12-15-6-4-3-5-14(15)11-17/h3-6,13,16H,7-10,12H2,1-2H3. The molecule has 1 saturated carbocycles. The van der Waals surface area contributed by atoms with Crippen molar-refractivity contribution in [1.29, 1.82) is 5.26 Å². The van der Waals surface area contributed by atoms with Crippen LogP contribution >= 0.6 is 0 Å². The molecule has 0 aromatic heterocycles. The minimum atomic E-state index is -3.36. The van der Waals surface area contributed by atoms with E-state index in [9.17, 15) is 8.42 Å². The van der Waals surface area contributed by atoms with Gasteiger partial charge in [0.1, 0.15) is 0 Å². The number of sulfonamides is 1. The zero-order chi connectivity index (χ0) is 15.5. The quantitative estimate of drug-likeness (QED) is 0.778. The third kappa shape index (κ3) is 4.29. The number of hydrogen-bond acceptors (Lipinski definition) is 3. The molecule has 5 heteroatoms. The molecule has 1 fully saturated rings. The average Bonchev–Trinajstić information content (AvgIpc) is 3.23. The smallest absolute Gasteiger partial charge is 0.212 e. The summed E-state index contributed by atoms with van der Waals surface area (Å²) in [6.07, 6.45) is 2.78. The van der Waals surface area contributed by atoms with Gasteiger partial charge in [0.2, 0.25) is 10.0 Å². The van der Waals surface area contributed by atoms with Crippen LogP contribution in [0.15, 0.2) is 24.3 Å². The van der Waals surface area contributed by atoms with Crippen molar-refractivity contribution in [3.63, 3.8) is 0 Å². The summed E-state index contributed by atoms with van der Waals surface area (Å²) in [4.78, 5) is 0. The summed E-state index contributed by atoms with van der Waals surface area (Å²) in [5.74, 6) is 0.401.